The maximum absolute atomic E-state index is 12.1. The molecule has 1 aromatic carbocycles. The minimum atomic E-state index is -0.308. The van der Waals surface area contributed by atoms with Crippen LogP contribution in [0.1, 0.15) is 16.1 Å². The Hall–Kier alpha value is -2.25. The summed E-state index contributed by atoms with van der Waals surface area (Å²) in [6.07, 6.45) is 3.11. The molecular formula is C15H13ClN4O2S. The summed E-state index contributed by atoms with van der Waals surface area (Å²) in [6, 6.07) is 7.03. The number of nitrogens with zero attached hydrogens (tertiary/aromatic N) is 3. The number of hydrogen-bond donors (Lipinski definition) is 1. The molecule has 6 nitrogen and oxygen atoms in total. The molecule has 0 saturated carbocycles. The Balaban J connectivity index is 1.76. The normalized spacial score (nSPS) is 10.7. The summed E-state index contributed by atoms with van der Waals surface area (Å²) in [4.78, 5) is 12.9. The minimum Gasteiger partial charge on any atom is -0.459 e. The summed E-state index contributed by atoms with van der Waals surface area (Å²) in [7, 11) is 1.86. The van der Waals surface area contributed by atoms with Crippen LogP contribution in [0.2, 0.25) is 5.02 Å². The number of rotatable bonds is 4. The Morgan fingerprint density at radius 1 is 1.39 bits per heavy atom. The molecule has 23 heavy (non-hydrogen) atoms. The summed E-state index contributed by atoms with van der Waals surface area (Å²) in [6.45, 7) is 1.81. The molecule has 2 aromatic heterocycles. The average Bonchev–Trinajstić information content (AvgIpc) is 3.11. The number of carbonyl (C=O) groups is 1. The van der Waals surface area contributed by atoms with Gasteiger partial charge in [-0.1, -0.05) is 11.6 Å². The third kappa shape index (κ3) is 3.40. The predicted octanol–water partition coefficient (Wildman–Crippen LogP) is 3.77. The standard InChI is InChI=1S/C15H13ClN4O2S/c1-9-5-6-22-13(9)14(21)18-10-3-4-12(11(16)7-10)23-15-19-17-8-20(15)2/h3-8H,1-2H3,(H,18,21). The number of hydrogen-bond acceptors (Lipinski definition) is 5. The molecule has 0 radical (unpaired) electrons. The lowest BCUT2D eigenvalue weighted by Gasteiger charge is -2.08. The van der Waals surface area contributed by atoms with Crippen LogP contribution in [0.4, 0.5) is 5.69 Å². The molecule has 0 aliphatic carbocycles. The van der Waals surface area contributed by atoms with Gasteiger partial charge in [0, 0.05) is 23.2 Å². The molecule has 2 heterocycles. The van der Waals surface area contributed by atoms with Crippen LogP contribution in [-0.2, 0) is 7.05 Å². The zero-order chi connectivity index (χ0) is 16.4. The van der Waals surface area contributed by atoms with Crippen LogP contribution >= 0.6 is 23.4 Å². The fourth-order valence-electron chi connectivity index (χ4n) is 1.92. The van der Waals surface area contributed by atoms with Gasteiger partial charge in [-0.3, -0.25) is 4.79 Å². The van der Waals surface area contributed by atoms with E-state index in [9.17, 15) is 4.79 Å². The van der Waals surface area contributed by atoms with Crippen molar-refractivity contribution in [3.63, 3.8) is 0 Å². The van der Waals surface area contributed by atoms with Crippen LogP contribution in [0, 0.1) is 6.92 Å². The molecule has 0 fully saturated rings. The third-order valence-corrected chi connectivity index (χ3v) is 4.68. The molecule has 0 spiro atoms. The SMILES string of the molecule is Cc1ccoc1C(=O)Nc1ccc(Sc2nncn2C)c(Cl)c1. The van der Waals surface area contributed by atoms with Gasteiger partial charge in [0.2, 0.25) is 0 Å². The molecule has 1 amide bonds. The van der Waals surface area contributed by atoms with E-state index in [0.717, 1.165) is 15.6 Å². The van der Waals surface area contributed by atoms with Crippen LogP contribution < -0.4 is 5.32 Å². The van der Waals surface area contributed by atoms with Gasteiger partial charge in [0.15, 0.2) is 10.9 Å². The van der Waals surface area contributed by atoms with Crippen LogP contribution in [-0.4, -0.2) is 20.7 Å². The van der Waals surface area contributed by atoms with Gasteiger partial charge in [-0.25, -0.2) is 0 Å². The summed E-state index contributed by atoms with van der Waals surface area (Å²) in [5.41, 5.74) is 1.38. The van der Waals surface area contributed by atoms with Crippen molar-refractivity contribution in [1.29, 1.82) is 0 Å². The number of nitrogens with one attached hydrogen (secondary N) is 1. The highest BCUT2D eigenvalue weighted by Crippen LogP contribution is 2.33. The predicted molar refractivity (Wildman–Crippen MR) is 88.0 cm³/mol. The molecule has 3 rings (SSSR count). The van der Waals surface area contributed by atoms with E-state index in [2.05, 4.69) is 15.5 Å². The molecule has 1 N–H and O–H groups in total. The van der Waals surface area contributed by atoms with E-state index in [-0.39, 0.29) is 5.91 Å². The Labute approximate surface area is 141 Å². The van der Waals surface area contributed by atoms with Crippen molar-refractivity contribution >= 4 is 35.0 Å². The summed E-state index contributed by atoms with van der Waals surface area (Å²) in [5.74, 6) is -0.0177. The van der Waals surface area contributed by atoms with Gasteiger partial charge in [-0.05, 0) is 43.0 Å². The number of aryl methyl sites for hydroxylation is 2. The third-order valence-electron chi connectivity index (χ3n) is 3.13. The van der Waals surface area contributed by atoms with E-state index in [4.69, 9.17) is 16.0 Å². The highest BCUT2D eigenvalue weighted by molar-refractivity contribution is 7.99. The van der Waals surface area contributed by atoms with E-state index < -0.39 is 0 Å². The fraction of sp³-hybridized carbons (Fsp3) is 0.133. The van der Waals surface area contributed by atoms with Crippen LogP contribution in [0.25, 0.3) is 0 Å². The van der Waals surface area contributed by atoms with E-state index in [0.29, 0.717) is 16.5 Å². The van der Waals surface area contributed by atoms with Gasteiger partial charge >= 0.3 is 0 Å². The second kappa shape index (κ2) is 6.47. The highest BCUT2D eigenvalue weighted by Gasteiger charge is 2.14. The minimum absolute atomic E-state index is 0.290. The molecule has 0 unspecified atom stereocenters. The quantitative estimate of drug-likeness (QED) is 0.776. The molecule has 0 bridgehead atoms. The Morgan fingerprint density at radius 2 is 2.22 bits per heavy atom. The summed E-state index contributed by atoms with van der Waals surface area (Å²) >= 11 is 7.69. The lowest BCUT2D eigenvalue weighted by atomic mass is 10.2. The van der Waals surface area contributed by atoms with Gasteiger partial charge in [-0.2, -0.15) is 0 Å². The molecular weight excluding hydrogens is 336 g/mol. The Morgan fingerprint density at radius 3 is 2.83 bits per heavy atom. The van der Waals surface area contributed by atoms with Gasteiger partial charge in [0.1, 0.15) is 6.33 Å². The zero-order valence-corrected chi connectivity index (χ0v) is 14.0. The first-order valence-corrected chi connectivity index (χ1v) is 7.91. The number of anilines is 1. The Kier molecular flexibility index (Phi) is 4.40. The average molecular weight is 349 g/mol. The molecule has 0 atom stereocenters. The number of halogens is 1. The van der Waals surface area contributed by atoms with E-state index >= 15 is 0 Å². The molecule has 0 aliphatic rings. The van der Waals surface area contributed by atoms with Crippen LogP contribution in [0.3, 0.4) is 0 Å². The van der Waals surface area contributed by atoms with Crippen LogP contribution in [0.15, 0.2) is 51.3 Å². The monoisotopic (exact) mass is 348 g/mol. The molecule has 3 aromatic rings. The smallest absolute Gasteiger partial charge is 0.291 e. The van der Waals surface area contributed by atoms with Crippen molar-refractivity contribution in [3.05, 3.63) is 53.2 Å². The lowest BCUT2D eigenvalue weighted by Crippen LogP contribution is -2.12. The van der Waals surface area contributed by atoms with Crippen molar-refractivity contribution in [2.24, 2.45) is 7.05 Å². The maximum atomic E-state index is 12.1. The van der Waals surface area contributed by atoms with E-state index in [1.807, 2.05) is 20.0 Å². The molecule has 118 valence electrons. The van der Waals surface area contributed by atoms with Crippen molar-refractivity contribution in [2.45, 2.75) is 17.0 Å². The lowest BCUT2D eigenvalue weighted by molar-refractivity contribution is 0.0996. The topological polar surface area (TPSA) is 73.0 Å². The fourth-order valence-corrected chi connectivity index (χ4v) is 2.98. The van der Waals surface area contributed by atoms with Gasteiger partial charge < -0.3 is 14.3 Å². The maximum Gasteiger partial charge on any atom is 0.291 e. The second-order valence-electron chi connectivity index (χ2n) is 4.86. The van der Waals surface area contributed by atoms with Crippen molar-refractivity contribution in [1.82, 2.24) is 14.8 Å². The molecule has 8 heteroatoms. The van der Waals surface area contributed by atoms with Gasteiger partial charge in [0.05, 0.1) is 11.3 Å². The number of furan rings is 1. The number of carbonyl (C=O) groups excluding carboxylic acids is 1. The van der Waals surface area contributed by atoms with Gasteiger partial charge in [-0.15, -0.1) is 10.2 Å². The van der Waals surface area contributed by atoms with E-state index in [1.54, 1.807) is 29.1 Å². The first-order chi connectivity index (χ1) is 11.0. The molecule has 0 aliphatic heterocycles. The first-order valence-electron chi connectivity index (χ1n) is 6.71. The Bertz CT molecular complexity index is 859. The van der Waals surface area contributed by atoms with Crippen LogP contribution in [0.5, 0.6) is 0 Å². The summed E-state index contributed by atoms with van der Waals surface area (Å²) in [5, 5.41) is 11.8. The largest absolute Gasteiger partial charge is 0.459 e. The van der Waals surface area contributed by atoms with Crippen molar-refractivity contribution in [3.8, 4) is 0 Å². The van der Waals surface area contributed by atoms with Crippen molar-refractivity contribution < 1.29 is 9.21 Å². The number of benzene rings is 1. The highest BCUT2D eigenvalue weighted by atomic mass is 35.5. The van der Waals surface area contributed by atoms with E-state index in [1.165, 1.54) is 18.0 Å². The summed E-state index contributed by atoms with van der Waals surface area (Å²) < 4.78 is 6.97. The molecule has 0 saturated heterocycles. The van der Waals surface area contributed by atoms with Crippen molar-refractivity contribution in [2.75, 3.05) is 5.32 Å². The first kappa shape index (κ1) is 15.6. The zero-order valence-electron chi connectivity index (χ0n) is 12.4. The van der Waals surface area contributed by atoms with Gasteiger partial charge in [0.25, 0.3) is 5.91 Å². The number of amides is 1. The second-order valence-corrected chi connectivity index (χ2v) is 6.27. The number of aromatic nitrogens is 3.